The van der Waals surface area contributed by atoms with Crippen LogP contribution in [0.15, 0.2) is 53.4 Å². The first-order chi connectivity index (χ1) is 14.0. The second kappa shape index (κ2) is 8.12. The summed E-state index contributed by atoms with van der Waals surface area (Å²) in [6, 6.07) is 8.49. The highest BCUT2D eigenvalue weighted by Crippen LogP contribution is 2.29. The maximum absolute atomic E-state index is 12.9. The SMILES string of the molecule is CN1C(=O)C(NC(=O)n2cc(Cc3cccnn3)cn2)CCc2ccc(Br)cc21. The Labute approximate surface area is 176 Å². The van der Waals surface area contributed by atoms with Crippen molar-refractivity contribution in [3.05, 3.63) is 70.2 Å². The third-order valence-electron chi connectivity index (χ3n) is 4.89. The maximum Gasteiger partial charge on any atom is 0.342 e. The van der Waals surface area contributed by atoms with Gasteiger partial charge in [0.1, 0.15) is 6.04 Å². The van der Waals surface area contributed by atoms with E-state index in [0.717, 1.165) is 27.0 Å². The smallest absolute Gasteiger partial charge is 0.324 e. The van der Waals surface area contributed by atoms with Gasteiger partial charge in [-0.15, -0.1) is 0 Å². The molecule has 2 amide bonds. The number of nitrogens with zero attached hydrogens (tertiary/aromatic N) is 5. The average molecular weight is 455 g/mol. The van der Waals surface area contributed by atoms with Crippen molar-refractivity contribution in [1.82, 2.24) is 25.3 Å². The number of aryl methyl sites for hydroxylation is 1. The summed E-state index contributed by atoms with van der Waals surface area (Å²) in [5, 5.41) is 14.8. The third-order valence-corrected chi connectivity index (χ3v) is 5.39. The Kier molecular flexibility index (Phi) is 5.39. The molecule has 1 aliphatic rings. The lowest BCUT2D eigenvalue weighted by atomic mass is 10.1. The van der Waals surface area contributed by atoms with Crippen LogP contribution in [-0.4, -0.2) is 45.0 Å². The van der Waals surface area contributed by atoms with Crippen molar-refractivity contribution >= 4 is 33.6 Å². The zero-order valence-electron chi connectivity index (χ0n) is 15.7. The molecule has 2 aromatic heterocycles. The van der Waals surface area contributed by atoms with Crippen LogP contribution in [0.3, 0.4) is 0 Å². The number of anilines is 1. The van der Waals surface area contributed by atoms with Gasteiger partial charge in [0, 0.05) is 36.0 Å². The number of halogens is 1. The van der Waals surface area contributed by atoms with E-state index in [4.69, 9.17) is 0 Å². The summed E-state index contributed by atoms with van der Waals surface area (Å²) in [6.07, 6.45) is 6.61. The molecular weight excluding hydrogens is 436 g/mol. The van der Waals surface area contributed by atoms with Crippen molar-refractivity contribution in [2.75, 3.05) is 11.9 Å². The van der Waals surface area contributed by atoms with Crippen LogP contribution in [0.2, 0.25) is 0 Å². The zero-order valence-corrected chi connectivity index (χ0v) is 17.3. The van der Waals surface area contributed by atoms with Crippen molar-refractivity contribution < 1.29 is 9.59 Å². The molecule has 29 heavy (non-hydrogen) atoms. The normalized spacial score (nSPS) is 16.3. The Hall–Kier alpha value is -3.07. The first-order valence-electron chi connectivity index (χ1n) is 9.18. The molecule has 0 saturated carbocycles. The highest BCUT2D eigenvalue weighted by atomic mass is 79.9. The Morgan fingerprint density at radius 3 is 3.00 bits per heavy atom. The van der Waals surface area contributed by atoms with E-state index in [1.54, 1.807) is 30.5 Å². The van der Waals surface area contributed by atoms with E-state index in [1.807, 2.05) is 30.3 Å². The van der Waals surface area contributed by atoms with Crippen molar-refractivity contribution in [3.8, 4) is 0 Å². The van der Waals surface area contributed by atoms with E-state index in [9.17, 15) is 9.59 Å². The number of benzene rings is 1. The van der Waals surface area contributed by atoms with Gasteiger partial charge in [-0.1, -0.05) is 22.0 Å². The molecule has 0 spiro atoms. The number of rotatable bonds is 3. The lowest BCUT2D eigenvalue weighted by molar-refractivity contribution is -0.120. The third kappa shape index (κ3) is 4.19. The summed E-state index contributed by atoms with van der Waals surface area (Å²) in [4.78, 5) is 27.1. The van der Waals surface area contributed by atoms with Gasteiger partial charge in [0.25, 0.3) is 0 Å². The molecular formula is C20H19BrN6O2. The monoisotopic (exact) mass is 454 g/mol. The molecule has 1 atom stereocenters. The number of aromatic nitrogens is 4. The van der Waals surface area contributed by atoms with Crippen molar-refractivity contribution in [2.24, 2.45) is 0 Å². The molecule has 0 radical (unpaired) electrons. The number of amides is 2. The Morgan fingerprint density at radius 2 is 2.21 bits per heavy atom. The van der Waals surface area contributed by atoms with Crippen LogP contribution in [-0.2, 0) is 17.6 Å². The summed E-state index contributed by atoms with van der Waals surface area (Å²) in [6.45, 7) is 0. The van der Waals surface area contributed by atoms with Crippen molar-refractivity contribution in [1.29, 1.82) is 0 Å². The number of carbonyl (C=O) groups excluding carboxylic acids is 2. The lowest BCUT2D eigenvalue weighted by Gasteiger charge is -2.22. The average Bonchev–Trinajstić information content (AvgIpc) is 3.16. The molecule has 0 fully saturated rings. The molecule has 148 valence electrons. The van der Waals surface area contributed by atoms with Crippen LogP contribution >= 0.6 is 15.9 Å². The van der Waals surface area contributed by atoms with E-state index < -0.39 is 12.1 Å². The number of carbonyl (C=O) groups is 2. The Morgan fingerprint density at radius 1 is 1.34 bits per heavy atom. The standard InChI is InChI=1S/C20H19BrN6O2/c1-26-18-10-15(21)6-4-14(18)5-7-17(19(26)28)24-20(29)27-12-13(11-23-27)9-16-3-2-8-22-25-16/h2-4,6,8,10-12,17H,5,7,9H2,1H3,(H,24,29). The summed E-state index contributed by atoms with van der Waals surface area (Å²) >= 11 is 3.45. The fraction of sp³-hybridized carbons (Fsp3) is 0.250. The first kappa shape index (κ1) is 19.3. The van der Waals surface area contributed by atoms with Gasteiger partial charge in [-0.05, 0) is 48.2 Å². The topological polar surface area (TPSA) is 93.0 Å². The Bertz CT molecular complexity index is 1050. The van der Waals surface area contributed by atoms with Gasteiger partial charge in [0.05, 0.1) is 11.9 Å². The summed E-state index contributed by atoms with van der Waals surface area (Å²) in [5.41, 5.74) is 3.55. The summed E-state index contributed by atoms with van der Waals surface area (Å²) in [7, 11) is 1.73. The minimum Gasteiger partial charge on any atom is -0.324 e. The fourth-order valence-electron chi connectivity index (χ4n) is 3.38. The van der Waals surface area contributed by atoms with Crippen LogP contribution in [0.4, 0.5) is 10.5 Å². The fourth-order valence-corrected chi connectivity index (χ4v) is 3.73. The minimum atomic E-state index is -0.619. The van der Waals surface area contributed by atoms with Crippen LogP contribution in [0, 0.1) is 0 Å². The second-order valence-corrected chi connectivity index (χ2v) is 7.81. The van der Waals surface area contributed by atoms with Gasteiger partial charge in [-0.25, -0.2) is 4.79 Å². The van der Waals surface area contributed by atoms with Crippen LogP contribution in [0.1, 0.15) is 23.2 Å². The van der Waals surface area contributed by atoms with Gasteiger partial charge >= 0.3 is 6.03 Å². The van der Waals surface area contributed by atoms with Crippen LogP contribution < -0.4 is 10.2 Å². The molecule has 0 saturated heterocycles. The quantitative estimate of drug-likeness (QED) is 0.656. The highest BCUT2D eigenvalue weighted by molar-refractivity contribution is 9.10. The van der Waals surface area contributed by atoms with Gasteiger partial charge < -0.3 is 10.2 Å². The molecule has 3 aromatic rings. The molecule has 1 aliphatic heterocycles. The molecule has 1 unspecified atom stereocenters. The van der Waals surface area contributed by atoms with Gasteiger partial charge in [-0.3, -0.25) is 4.79 Å². The molecule has 0 bridgehead atoms. The Balaban J connectivity index is 1.45. The molecule has 8 nitrogen and oxygen atoms in total. The number of nitrogens with one attached hydrogen (secondary N) is 1. The van der Waals surface area contributed by atoms with Crippen molar-refractivity contribution in [2.45, 2.75) is 25.3 Å². The van der Waals surface area contributed by atoms with Crippen molar-refractivity contribution in [3.63, 3.8) is 0 Å². The minimum absolute atomic E-state index is 0.151. The molecule has 0 aliphatic carbocycles. The highest BCUT2D eigenvalue weighted by Gasteiger charge is 2.29. The zero-order chi connectivity index (χ0) is 20.4. The first-order valence-corrected chi connectivity index (χ1v) is 9.97. The van der Waals surface area contributed by atoms with E-state index in [1.165, 1.54) is 4.68 Å². The van der Waals surface area contributed by atoms with Gasteiger partial charge in [-0.2, -0.15) is 20.0 Å². The number of fused-ring (bicyclic) bond motifs is 1. The van der Waals surface area contributed by atoms with Gasteiger partial charge in [0.15, 0.2) is 0 Å². The summed E-state index contributed by atoms with van der Waals surface area (Å²) < 4.78 is 2.12. The molecule has 4 rings (SSSR count). The van der Waals surface area contributed by atoms with E-state index in [0.29, 0.717) is 19.3 Å². The maximum atomic E-state index is 12.9. The lowest BCUT2D eigenvalue weighted by Crippen LogP contribution is -2.48. The summed E-state index contributed by atoms with van der Waals surface area (Å²) in [5.74, 6) is -0.151. The molecule has 1 aromatic carbocycles. The molecule has 9 heteroatoms. The van der Waals surface area contributed by atoms with Crippen LogP contribution in [0.25, 0.3) is 0 Å². The number of hydrogen-bond acceptors (Lipinski definition) is 5. The van der Waals surface area contributed by atoms with Gasteiger partial charge in [0.2, 0.25) is 5.91 Å². The molecule has 3 heterocycles. The largest absolute Gasteiger partial charge is 0.342 e. The predicted molar refractivity (Wildman–Crippen MR) is 111 cm³/mol. The van der Waals surface area contributed by atoms with E-state index in [-0.39, 0.29) is 5.91 Å². The molecule has 1 N–H and O–H groups in total. The predicted octanol–water partition coefficient (Wildman–Crippen LogP) is 2.56. The van der Waals surface area contributed by atoms with E-state index >= 15 is 0 Å². The van der Waals surface area contributed by atoms with Crippen LogP contribution in [0.5, 0.6) is 0 Å². The number of hydrogen-bond donors (Lipinski definition) is 1. The van der Waals surface area contributed by atoms with E-state index in [2.05, 4.69) is 36.5 Å². The number of likely N-dealkylation sites (N-methyl/N-ethyl adjacent to an activating group) is 1. The second-order valence-electron chi connectivity index (χ2n) is 6.90.